The monoisotopic (exact) mass is 267 g/mol. The fraction of sp³-hybridized carbons (Fsp3) is 0.167. The number of hydrogen-bond donors (Lipinski definition) is 2. The number of H-pyrrole nitrogens is 1. The first-order valence-electron chi connectivity index (χ1n) is 5.36. The van der Waals surface area contributed by atoms with Crippen molar-refractivity contribution in [1.29, 1.82) is 0 Å². The number of halogens is 2. The second-order valence-electron chi connectivity index (χ2n) is 3.75. The minimum Gasteiger partial charge on any atom is -0.330 e. The van der Waals surface area contributed by atoms with Crippen LogP contribution in [0.25, 0.3) is 11.4 Å². The summed E-state index contributed by atoms with van der Waals surface area (Å²) in [4.78, 5) is 18.3. The molecule has 0 aliphatic rings. The largest absolute Gasteiger partial charge is 0.330 e. The maximum atomic E-state index is 12.9. The highest BCUT2D eigenvalue weighted by molar-refractivity contribution is 6.33. The molecule has 94 valence electrons. The highest BCUT2D eigenvalue weighted by Crippen LogP contribution is 2.25. The molecular weight excluding hydrogens is 257 g/mol. The van der Waals surface area contributed by atoms with Crippen LogP contribution in [0.1, 0.15) is 5.69 Å². The van der Waals surface area contributed by atoms with Gasteiger partial charge in [-0.15, -0.1) is 0 Å². The van der Waals surface area contributed by atoms with E-state index in [9.17, 15) is 9.18 Å². The fourth-order valence-corrected chi connectivity index (χ4v) is 1.85. The summed E-state index contributed by atoms with van der Waals surface area (Å²) in [7, 11) is 0. The van der Waals surface area contributed by atoms with Crippen LogP contribution in [0, 0.1) is 5.82 Å². The first-order chi connectivity index (χ1) is 8.60. The van der Waals surface area contributed by atoms with Crippen LogP contribution in [-0.2, 0) is 6.42 Å². The first kappa shape index (κ1) is 12.7. The number of nitrogens with zero attached hydrogens (tertiary/aromatic N) is 1. The van der Waals surface area contributed by atoms with Crippen LogP contribution in [0.3, 0.4) is 0 Å². The van der Waals surface area contributed by atoms with E-state index < -0.39 is 5.82 Å². The van der Waals surface area contributed by atoms with Gasteiger partial charge in [-0.1, -0.05) is 11.6 Å². The van der Waals surface area contributed by atoms with Crippen molar-refractivity contribution in [3.05, 3.63) is 51.2 Å². The molecule has 0 saturated carbocycles. The average molecular weight is 268 g/mol. The van der Waals surface area contributed by atoms with Crippen molar-refractivity contribution in [2.24, 2.45) is 5.73 Å². The number of nitrogens with two attached hydrogens (primary N) is 1. The summed E-state index contributed by atoms with van der Waals surface area (Å²) >= 11 is 5.92. The smallest absolute Gasteiger partial charge is 0.251 e. The van der Waals surface area contributed by atoms with Gasteiger partial charge in [-0.25, -0.2) is 9.37 Å². The van der Waals surface area contributed by atoms with E-state index in [-0.39, 0.29) is 10.6 Å². The Morgan fingerprint density at radius 1 is 1.39 bits per heavy atom. The minimum absolute atomic E-state index is 0.197. The first-order valence-corrected chi connectivity index (χ1v) is 5.73. The molecule has 3 N–H and O–H groups in total. The lowest BCUT2D eigenvalue weighted by Gasteiger charge is -2.05. The van der Waals surface area contributed by atoms with E-state index >= 15 is 0 Å². The van der Waals surface area contributed by atoms with E-state index in [1.165, 1.54) is 24.3 Å². The maximum Gasteiger partial charge on any atom is 0.251 e. The van der Waals surface area contributed by atoms with Crippen molar-refractivity contribution < 1.29 is 4.39 Å². The molecule has 0 unspecified atom stereocenters. The second-order valence-corrected chi connectivity index (χ2v) is 4.16. The predicted octanol–water partition coefficient (Wildman–Crippen LogP) is 1.73. The van der Waals surface area contributed by atoms with Crippen LogP contribution in [0.5, 0.6) is 0 Å². The molecule has 1 aromatic carbocycles. The Balaban J connectivity index is 2.53. The lowest BCUT2D eigenvalue weighted by atomic mass is 10.2. The van der Waals surface area contributed by atoms with E-state index in [0.29, 0.717) is 30.0 Å². The summed E-state index contributed by atoms with van der Waals surface area (Å²) in [5, 5.41) is 0.197. The minimum atomic E-state index is -0.441. The zero-order chi connectivity index (χ0) is 13.1. The molecule has 0 aliphatic carbocycles. The summed E-state index contributed by atoms with van der Waals surface area (Å²) in [6.45, 7) is 0.396. The number of aromatic nitrogens is 2. The summed E-state index contributed by atoms with van der Waals surface area (Å²) in [6.07, 6.45) is 0.496. The van der Waals surface area contributed by atoms with Gasteiger partial charge in [-0.2, -0.15) is 0 Å². The highest BCUT2D eigenvalue weighted by Gasteiger charge is 2.08. The number of hydrogen-bond acceptors (Lipinski definition) is 3. The van der Waals surface area contributed by atoms with Crippen LogP contribution in [0.2, 0.25) is 5.02 Å². The number of aromatic amines is 1. The fourth-order valence-electron chi connectivity index (χ4n) is 1.59. The molecule has 0 fully saturated rings. The number of rotatable bonds is 3. The molecule has 6 heteroatoms. The van der Waals surface area contributed by atoms with Crippen LogP contribution in [-0.4, -0.2) is 16.5 Å². The van der Waals surface area contributed by atoms with E-state index in [1.807, 2.05) is 0 Å². The molecule has 0 spiro atoms. The van der Waals surface area contributed by atoms with Crippen LogP contribution >= 0.6 is 11.6 Å². The van der Waals surface area contributed by atoms with E-state index in [1.54, 1.807) is 0 Å². The molecule has 0 radical (unpaired) electrons. The van der Waals surface area contributed by atoms with Gasteiger partial charge in [0.15, 0.2) is 0 Å². The highest BCUT2D eigenvalue weighted by atomic mass is 35.5. The maximum absolute atomic E-state index is 12.9. The summed E-state index contributed by atoms with van der Waals surface area (Å²) in [6, 6.07) is 5.29. The molecule has 1 heterocycles. The predicted molar refractivity (Wildman–Crippen MR) is 68.0 cm³/mol. The van der Waals surface area contributed by atoms with Crippen molar-refractivity contribution in [2.45, 2.75) is 6.42 Å². The van der Waals surface area contributed by atoms with Gasteiger partial charge in [0.25, 0.3) is 5.56 Å². The molecule has 4 nitrogen and oxygen atoms in total. The molecule has 2 aromatic rings. The van der Waals surface area contributed by atoms with Gasteiger partial charge < -0.3 is 10.7 Å². The van der Waals surface area contributed by atoms with E-state index in [4.69, 9.17) is 17.3 Å². The Labute approximate surface area is 108 Å². The lowest BCUT2D eigenvalue weighted by molar-refractivity contribution is 0.628. The summed E-state index contributed by atoms with van der Waals surface area (Å²) in [5.74, 6) is -0.125. The summed E-state index contributed by atoms with van der Waals surface area (Å²) < 4.78 is 12.9. The Morgan fingerprint density at radius 2 is 2.17 bits per heavy atom. The zero-order valence-electron chi connectivity index (χ0n) is 9.41. The van der Waals surface area contributed by atoms with Crippen molar-refractivity contribution in [1.82, 2.24) is 9.97 Å². The lowest BCUT2D eigenvalue weighted by Crippen LogP contribution is -2.13. The molecule has 18 heavy (non-hydrogen) atoms. The van der Waals surface area contributed by atoms with E-state index in [0.717, 1.165) is 0 Å². The Bertz CT molecular complexity index is 627. The molecule has 0 amide bonds. The molecule has 1 aromatic heterocycles. The third-order valence-corrected chi connectivity index (χ3v) is 2.69. The quantitative estimate of drug-likeness (QED) is 0.890. The Hall–Kier alpha value is -1.72. The topological polar surface area (TPSA) is 71.8 Å². The van der Waals surface area contributed by atoms with Crippen molar-refractivity contribution in [3.63, 3.8) is 0 Å². The Kier molecular flexibility index (Phi) is 3.74. The van der Waals surface area contributed by atoms with Crippen molar-refractivity contribution in [2.75, 3.05) is 6.54 Å². The number of benzene rings is 1. The van der Waals surface area contributed by atoms with E-state index in [2.05, 4.69) is 9.97 Å². The number of nitrogens with one attached hydrogen (secondary N) is 1. The van der Waals surface area contributed by atoms with Crippen molar-refractivity contribution in [3.8, 4) is 11.4 Å². The van der Waals surface area contributed by atoms with Gasteiger partial charge >= 0.3 is 0 Å². The van der Waals surface area contributed by atoms with Crippen LogP contribution in [0.4, 0.5) is 4.39 Å². The third-order valence-electron chi connectivity index (χ3n) is 2.38. The molecular formula is C12H11ClFN3O. The summed E-state index contributed by atoms with van der Waals surface area (Å²) in [5.41, 5.74) is 6.19. The second kappa shape index (κ2) is 5.29. The average Bonchev–Trinajstić information content (AvgIpc) is 2.28. The third kappa shape index (κ3) is 2.75. The van der Waals surface area contributed by atoms with Gasteiger partial charge in [0.1, 0.15) is 11.6 Å². The van der Waals surface area contributed by atoms with Gasteiger partial charge in [0, 0.05) is 23.7 Å². The SMILES string of the molecule is NCCc1cc(=O)[nH]c(-c2ccc(F)cc2Cl)n1. The Morgan fingerprint density at radius 3 is 2.83 bits per heavy atom. The molecule has 0 bridgehead atoms. The van der Waals surface area contributed by atoms with Gasteiger partial charge in [0.2, 0.25) is 0 Å². The standard InChI is InChI=1S/C12H11ClFN3O/c13-10-5-7(14)1-2-9(10)12-16-8(3-4-15)6-11(18)17-12/h1-2,5-6H,3-4,15H2,(H,16,17,18). The van der Waals surface area contributed by atoms with Crippen molar-refractivity contribution >= 4 is 11.6 Å². The van der Waals surface area contributed by atoms with Gasteiger partial charge in [-0.05, 0) is 24.7 Å². The van der Waals surface area contributed by atoms with Gasteiger partial charge in [-0.3, -0.25) is 4.79 Å². The van der Waals surface area contributed by atoms with Crippen LogP contribution < -0.4 is 11.3 Å². The molecule has 0 saturated heterocycles. The normalized spacial score (nSPS) is 10.6. The van der Waals surface area contributed by atoms with Crippen LogP contribution in [0.15, 0.2) is 29.1 Å². The molecule has 0 aliphatic heterocycles. The molecule has 2 rings (SSSR count). The van der Waals surface area contributed by atoms with Gasteiger partial charge in [0.05, 0.1) is 5.02 Å². The zero-order valence-corrected chi connectivity index (χ0v) is 10.2. The molecule has 0 atom stereocenters.